The molecule has 6 nitrogen and oxygen atoms in total. The van der Waals surface area contributed by atoms with E-state index in [0.29, 0.717) is 12.4 Å². The van der Waals surface area contributed by atoms with Crippen LogP contribution >= 0.6 is 0 Å². The molecule has 0 spiro atoms. The van der Waals surface area contributed by atoms with Gasteiger partial charge >= 0.3 is 0 Å². The van der Waals surface area contributed by atoms with Crippen LogP contribution in [0.5, 0.6) is 0 Å². The molecule has 0 saturated carbocycles. The number of imidazole rings is 1. The molecule has 1 N–H and O–H groups in total. The minimum Gasteiger partial charge on any atom is -0.292 e. The van der Waals surface area contributed by atoms with Gasteiger partial charge in [-0.1, -0.05) is 19.9 Å². The molecule has 24 heavy (non-hydrogen) atoms. The Bertz CT molecular complexity index is 881. The molecule has 0 amide bonds. The molecular weight excluding hydrogens is 302 g/mol. The molecule has 0 bridgehead atoms. The first-order valence-electron chi connectivity index (χ1n) is 8.06. The van der Waals surface area contributed by atoms with Gasteiger partial charge in [-0.15, -0.1) is 0 Å². The number of hydrogen-bond acceptors (Lipinski definition) is 4. The van der Waals surface area contributed by atoms with E-state index in [1.807, 2.05) is 33.2 Å². The van der Waals surface area contributed by atoms with Gasteiger partial charge in [0, 0.05) is 30.4 Å². The van der Waals surface area contributed by atoms with Crippen molar-refractivity contribution in [3.05, 3.63) is 69.9 Å². The SMILES string of the molecule is Cc1cncc(CCc2nc(-n3ccnc3)[nH]c(=O)c2C(C)C)c1. The van der Waals surface area contributed by atoms with Crippen LogP contribution in [0.1, 0.15) is 42.1 Å². The van der Waals surface area contributed by atoms with Gasteiger partial charge in [0.25, 0.3) is 5.56 Å². The van der Waals surface area contributed by atoms with E-state index in [0.717, 1.165) is 28.8 Å². The summed E-state index contributed by atoms with van der Waals surface area (Å²) in [6, 6.07) is 2.12. The summed E-state index contributed by atoms with van der Waals surface area (Å²) in [5.41, 5.74) is 3.78. The molecule has 0 aliphatic rings. The predicted octanol–water partition coefficient (Wildman–Crippen LogP) is 2.57. The highest BCUT2D eigenvalue weighted by atomic mass is 16.1. The van der Waals surface area contributed by atoms with Gasteiger partial charge in [0.15, 0.2) is 0 Å². The summed E-state index contributed by atoms with van der Waals surface area (Å²) in [7, 11) is 0. The molecule has 0 aliphatic carbocycles. The molecule has 0 radical (unpaired) electrons. The molecule has 3 rings (SSSR count). The van der Waals surface area contributed by atoms with Crippen molar-refractivity contribution in [2.75, 3.05) is 0 Å². The van der Waals surface area contributed by atoms with Crippen molar-refractivity contribution >= 4 is 0 Å². The second-order valence-electron chi connectivity index (χ2n) is 6.25. The number of rotatable bonds is 5. The third-order valence-corrected chi connectivity index (χ3v) is 3.93. The molecule has 3 aromatic heterocycles. The Balaban J connectivity index is 1.96. The lowest BCUT2D eigenvalue weighted by Crippen LogP contribution is -2.22. The standard InChI is InChI=1S/C18H21N5O/c1-12(2)16-15(5-4-14-8-13(3)9-20-10-14)21-18(22-17(16)24)23-7-6-19-11-23/h6-12H,4-5H2,1-3H3,(H,21,22,24). The van der Waals surface area contributed by atoms with Crippen LogP contribution in [0, 0.1) is 6.92 Å². The van der Waals surface area contributed by atoms with Gasteiger partial charge in [0.2, 0.25) is 5.95 Å². The van der Waals surface area contributed by atoms with Crippen molar-refractivity contribution in [2.45, 2.75) is 39.5 Å². The van der Waals surface area contributed by atoms with Crippen LogP contribution in [0.4, 0.5) is 0 Å². The number of H-pyrrole nitrogens is 1. The Morgan fingerprint density at radius 3 is 2.71 bits per heavy atom. The average molecular weight is 323 g/mol. The van der Waals surface area contributed by atoms with E-state index < -0.39 is 0 Å². The van der Waals surface area contributed by atoms with Crippen molar-refractivity contribution in [2.24, 2.45) is 0 Å². The fourth-order valence-electron chi connectivity index (χ4n) is 2.83. The number of aromatic amines is 1. The van der Waals surface area contributed by atoms with Crippen LogP contribution in [-0.2, 0) is 12.8 Å². The van der Waals surface area contributed by atoms with E-state index in [1.165, 1.54) is 0 Å². The highest BCUT2D eigenvalue weighted by Gasteiger charge is 2.15. The van der Waals surface area contributed by atoms with Gasteiger partial charge < -0.3 is 0 Å². The van der Waals surface area contributed by atoms with Crippen LogP contribution in [0.2, 0.25) is 0 Å². The Kier molecular flexibility index (Phi) is 4.55. The zero-order chi connectivity index (χ0) is 17.1. The number of aryl methyl sites for hydroxylation is 3. The summed E-state index contributed by atoms with van der Waals surface area (Å²) in [4.78, 5) is 28.3. The number of nitrogens with zero attached hydrogens (tertiary/aromatic N) is 4. The molecule has 124 valence electrons. The summed E-state index contributed by atoms with van der Waals surface area (Å²) in [6.07, 6.45) is 10.3. The van der Waals surface area contributed by atoms with E-state index in [4.69, 9.17) is 0 Å². The van der Waals surface area contributed by atoms with Crippen molar-refractivity contribution in [3.8, 4) is 5.95 Å². The summed E-state index contributed by atoms with van der Waals surface area (Å²) < 4.78 is 1.71. The first kappa shape index (κ1) is 16.1. The lowest BCUT2D eigenvalue weighted by molar-refractivity contribution is 0.757. The molecule has 0 aromatic carbocycles. The molecule has 0 saturated heterocycles. The minimum atomic E-state index is -0.0823. The summed E-state index contributed by atoms with van der Waals surface area (Å²) in [5, 5.41) is 0. The Hall–Kier alpha value is -2.76. The van der Waals surface area contributed by atoms with Crippen LogP contribution in [0.15, 0.2) is 42.0 Å². The van der Waals surface area contributed by atoms with Gasteiger partial charge in [0.1, 0.15) is 6.33 Å². The molecule has 0 atom stereocenters. The molecule has 0 unspecified atom stereocenters. The number of nitrogens with one attached hydrogen (secondary N) is 1. The number of pyridine rings is 1. The first-order valence-corrected chi connectivity index (χ1v) is 8.06. The maximum Gasteiger partial charge on any atom is 0.256 e. The third-order valence-electron chi connectivity index (χ3n) is 3.93. The summed E-state index contributed by atoms with van der Waals surface area (Å²) in [6.45, 7) is 6.06. The van der Waals surface area contributed by atoms with E-state index in [2.05, 4.69) is 26.0 Å². The van der Waals surface area contributed by atoms with Crippen molar-refractivity contribution in [3.63, 3.8) is 0 Å². The van der Waals surface area contributed by atoms with Crippen LogP contribution < -0.4 is 5.56 Å². The third kappa shape index (κ3) is 3.42. The Labute approximate surface area is 140 Å². The van der Waals surface area contributed by atoms with Crippen LogP contribution in [-0.4, -0.2) is 24.5 Å². The smallest absolute Gasteiger partial charge is 0.256 e. The molecule has 0 fully saturated rings. The molecule has 0 aliphatic heterocycles. The number of hydrogen-bond donors (Lipinski definition) is 1. The van der Waals surface area contributed by atoms with Gasteiger partial charge in [-0.3, -0.25) is 19.3 Å². The monoisotopic (exact) mass is 323 g/mol. The lowest BCUT2D eigenvalue weighted by Gasteiger charge is -2.13. The second-order valence-corrected chi connectivity index (χ2v) is 6.25. The Morgan fingerprint density at radius 1 is 1.21 bits per heavy atom. The molecular formula is C18H21N5O. The Morgan fingerprint density at radius 2 is 2.04 bits per heavy atom. The fraction of sp³-hybridized carbons (Fsp3) is 0.333. The molecule has 6 heteroatoms. The van der Waals surface area contributed by atoms with Crippen molar-refractivity contribution in [1.29, 1.82) is 0 Å². The quantitative estimate of drug-likeness (QED) is 0.783. The minimum absolute atomic E-state index is 0.0823. The van der Waals surface area contributed by atoms with Crippen LogP contribution in [0.3, 0.4) is 0 Å². The number of aromatic nitrogens is 5. The molecule has 3 heterocycles. The summed E-state index contributed by atoms with van der Waals surface area (Å²) in [5.74, 6) is 0.614. The van der Waals surface area contributed by atoms with E-state index in [9.17, 15) is 4.79 Å². The second kappa shape index (κ2) is 6.78. The molecule has 3 aromatic rings. The van der Waals surface area contributed by atoms with Crippen molar-refractivity contribution in [1.82, 2.24) is 24.5 Å². The maximum absolute atomic E-state index is 12.5. The van der Waals surface area contributed by atoms with Gasteiger partial charge in [-0.25, -0.2) is 9.97 Å². The fourth-order valence-corrected chi connectivity index (χ4v) is 2.83. The normalized spacial score (nSPS) is 11.2. The van der Waals surface area contributed by atoms with Crippen molar-refractivity contribution < 1.29 is 0 Å². The zero-order valence-electron chi connectivity index (χ0n) is 14.2. The van der Waals surface area contributed by atoms with Gasteiger partial charge in [-0.2, -0.15) is 0 Å². The topological polar surface area (TPSA) is 76.5 Å². The lowest BCUT2D eigenvalue weighted by atomic mass is 9.99. The summed E-state index contributed by atoms with van der Waals surface area (Å²) >= 11 is 0. The van der Waals surface area contributed by atoms with Gasteiger partial charge in [-0.05, 0) is 36.8 Å². The average Bonchev–Trinajstić information content (AvgIpc) is 3.06. The van der Waals surface area contributed by atoms with E-state index in [-0.39, 0.29) is 11.5 Å². The zero-order valence-corrected chi connectivity index (χ0v) is 14.2. The highest BCUT2D eigenvalue weighted by molar-refractivity contribution is 5.27. The first-order chi connectivity index (χ1) is 11.5. The van der Waals surface area contributed by atoms with Gasteiger partial charge in [0.05, 0.1) is 5.69 Å². The highest BCUT2D eigenvalue weighted by Crippen LogP contribution is 2.17. The maximum atomic E-state index is 12.5. The predicted molar refractivity (Wildman–Crippen MR) is 92.5 cm³/mol. The van der Waals surface area contributed by atoms with Crippen LogP contribution in [0.25, 0.3) is 5.95 Å². The van der Waals surface area contributed by atoms with E-state index >= 15 is 0 Å². The van der Waals surface area contributed by atoms with E-state index in [1.54, 1.807) is 23.3 Å². The largest absolute Gasteiger partial charge is 0.292 e.